The van der Waals surface area contributed by atoms with Crippen LogP contribution in [-0.4, -0.2) is 17.7 Å². The Balaban J connectivity index is 2.02. The number of halogens is 1. The average molecular weight is 472 g/mol. The molecule has 0 saturated heterocycles. The van der Waals surface area contributed by atoms with Gasteiger partial charge in [-0.3, -0.25) is 10.0 Å². The Morgan fingerprint density at radius 1 is 1.17 bits per heavy atom. The molecule has 156 valence electrons. The number of rotatable bonds is 8. The van der Waals surface area contributed by atoms with Crippen LogP contribution in [0.3, 0.4) is 0 Å². The maximum absolute atomic E-state index is 11.5. The number of carbonyl (C=O) groups is 1. The number of benzene rings is 2. The smallest absolute Gasteiger partial charge is 0.267 e. The van der Waals surface area contributed by atoms with Crippen LogP contribution in [0.25, 0.3) is 17.0 Å². The van der Waals surface area contributed by atoms with Crippen LogP contribution in [0.4, 0.5) is 0 Å². The number of hydrogen-bond acceptors (Lipinski definition) is 5. The van der Waals surface area contributed by atoms with Gasteiger partial charge in [0.1, 0.15) is 13.2 Å². The molecule has 0 aliphatic carbocycles. The maximum Gasteiger partial charge on any atom is 0.267 e. The summed E-state index contributed by atoms with van der Waals surface area (Å²) in [6.45, 7) is 4.62. The van der Waals surface area contributed by atoms with Gasteiger partial charge in [0, 0.05) is 21.5 Å². The predicted molar refractivity (Wildman–Crippen MR) is 119 cm³/mol. The van der Waals surface area contributed by atoms with Gasteiger partial charge in [0.05, 0.1) is 6.26 Å². The number of amides is 1. The van der Waals surface area contributed by atoms with Crippen molar-refractivity contribution < 1.29 is 23.9 Å². The van der Waals surface area contributed by atoms with Crippen molar-refractivity contribution in [3.63, 3.8) is 0 Å². The molecule has 2 aromatic carbocycles. The minimum atomic E-state index is -0.645. The minimum Gasteiger partial charge on any atom is -0.484 e. The maximum atomic E-state index is 11.5. The number of allylic oxidation sites excluding steroid dienone is 1. The third-order valence-corrected chi connectivity index (χ3v) is 4.75. The average Bonchev–Trinajstić information content (AvgIpc) is 3.20. The van der Waals surface area contributed by atoms with Crippen LogP contribution in [0, 0.1) is 0 Å². The first-order valence-electron chi connectivity index (χ1n) is 9.27. The van der Waals surface area contributed by atoms with E-state index in [0.29, 0.717) is 35.9 Å². The first-order valence-corrected chi connectivity index (χ1v) is 10.1. The van der Waals surface area contributed by atoms with Gasteiger partial charge in [-0.25, -0.2) is 5.48 Å². The van der Waals surface area contributed by atoms with Crippen molar-refractivity contribution in [3.05, 3.63) is 76.0 Å². The minimum absolute atomic E-state index is 0.297. The van der Waals surface area contributed by atoms with Gasteiger partial charge in [0.2, 0.25) is 5.75 Å². The van der Waals surface area contributed by atoms with E-state index >= 15 is 0 Å². The Kier molecular flexibility index (Phi) is 7.32. The summed E-state index contributed by atoms with van der Waals surface area (Å²) in [6, 6.07) is 11.4. The second kappa shape index (κ2) is 10.1. The number of hydrogen-bond donors (Lipinski definition) is 2. The Morgan fingerprint density at radius 2 is 1.93 bits per heavy atom. The van der Waals surface area contributed by atoms with E-state index in [1.165, 1.54) is 6.08 Å². The molecule has 0 atom stereocenters. The zero-order chi connectivity index (χ0) is 21.5. The topological polar surface area (TPSA) is 80.9 Å². The monoisotopic (exact) mass is 471 g/mol. The number of carbonyl (C=O) groups excluding carboxylic acids is 1. The summed E-state index contributed by atoms with van der Waals surface area (Å²) in [6.07, 6.45) is 6.30. The van der Waals surface area contributed by atoms with Gasteiger partial charge in [-0.15, -0.1) is 0 Å². The van der Waals surface area contributed by atoms with Crippen LogP contribution in [0.1, 0.15) is 25.0 Å². The second-order valence-corrected chi connectivity index (χ2v) is 7.70. The highest BCUT2D eigenvalue weighted by Crippen LogP contribution is 2.41. The summed E-state index contributed by atoms with van der Waals surface area (Å²) < 4.78 is 18.8. The lowest BCUT2D eigenvalue weighted by atomic mass is 10.1. The van der Waals surface area contributed by atoms with Crippen LogP contribution in [0.15, 0.2) is 69.3 Å². The molecule has 0 bridgehead atoms. The number of hydroxylamine groups is 1. The fourth-order valence-electron chi connectivity index (χ4n) is 2.72. The van der Waals surface area contributed by atoms with Gasteiger partial charge in [-0.2, -0.15) is 0 Å². The van der Waals surface area contributed by atoms with Crippen LogP contribution in [0.2, 0.25) is 0 Å². The van der Waals surface area contributed by atoms with Crippen molar-refractivity contribution in [2.24, 2.45) is 0 Å². The van der Waals surface area contributed by atoms with Crippen LogP contribution in [0.5, 0.6) is 11.5 Å². The molecule has 0 fully saturated rings. The predicted octanol–water partition coefficient (Wildman–Crippen LogP) is 5.64. The van der Waals surface area contributed by atoms with E-state index in [2.05, 4.69) is 15.9 Å². The molecule has 3 rings (SSSR count). The molecular formula is C23H22BrNO5. The Bertz CT molecular complexity index is 1080. The highest BCUT2D eigenvalue weighted by atomic mass is 79.9. The SMILES string of the molecule is CC(C)=CCOc1c(OCc2ccc(Br)cc2)c(/C=C/C(=O)NO)cc2ccoc12. The second-order valence-electron chi connectivity index (χ2n) is 6.78. The molecule has 0 unspecified atom stereocenters. The van der Waals surface area contributed by atoms with Crippen LogP contribution >= 0.6 is 15.9 Å². The van der Waals surface area contributed by atoms with E-state index in [4.69, 9.17) is 19.1 Å². The van der Waals surface area contributed by atoms with Crippen molar-refractivity contribution in [2.45, 2.75) is 20.5 Å². The summed E-state index contributed by atoms with van der Waals surface area (Å²) in [5, 5.41) is 9.59. The Hall–Kier alpha value is -3.03. The molecule has 2 N–H and O–H groups in total. The molecule has 6 nitrogen and oxygen atoms in total. The zero-order valence-corrected chi connectivity index (χ0v) is 18.2. The highest BCUT2D eigenvalue weighted by molar-refractivity contribution is 9.10. The van der Waals surface area contributed by atoms with Gasteiger partial charge in [-0.1, -0.05) is 33.6 Å². The number of ether oxygens (including phenoxy) is 2. The molecule has 0 radical (unpaired) electrons. The van der Waals surface area contributed by atoms with Crippen molar-refractivity contribution in [1.82, 2.24) is 5.48 Å². The lowest BCUT2D eigenvalue weighted by Gasteiger charge is -2.15. The molecule has 30 heavy (non-hydrogen) atoms. The van der Waals surface area contributed by atoms with Gasteiger partial charge < -0.3 is 13.9 Å². The van der Waals surface area contributed by atoms with Gasteiger partial charge >= 0.3 is 0 Å². The normalized spacial score (nSPS) is 10.9. The summed E-state index contributed by atoms with van der Waals surface area (Å²) in [5.41, 5.74) is 4.86. The summed E-state index contributed by atoms with van der Waals surface area (Å²) in [4.78, 5) is 11.5. The first kappa shape index (κ1) is 21.7. The zero-order valence-electron chi connectivity index (χ0n) is 16.6. The van der Waals surface area contributed by atoms with Crippen LogP contribution in [-0.2, 0) is 11.4 Å². The van der Waals surface area contributed by atoms with Crippen molar-refractivity contribution >= 4 is 38.9 Å². The summed E-state index contributed by atoms with van der Waals surface area (Å²) in [5.74, 6) is 0.258. The molecular weight excluding hydrogens is 450 g/mol. The van der Waals surface area contributed by atoms with Gasteiger partial charge in [0.25, 0.3) is 5.91 Å². The largest absolute Gasteiger partial charge is 0.484 e. The molecule has 1 amide bonds. The quantitative estimate of drug-likeness (QED) is 0.192. The lowest BCUT2D eigenvalue weighted by molar-refractivity contribution is -0.124. The molecule has 3 aromatic rings. The summed E-state index contributed by atoms with van der Waals surface area (Å²) in [7, 11) is 0. The van der Waals surface area contributed by atoms with Crippen molar-refractivity contribution in [1.29, 1.82) is 0 Å². The van der Waals surface area contributed by atoms with E-state index in [9.17, 15) is 4.79 Å². The number of nitrogens with one attached hydrogen (secondary N) is 1. The molecule has 0 aliphatic heterocycles. The van der Waals surface area contributed by atoms with E-state index < -0.39 is 5.91 Å². The highest BCUT2D eigenvalue weighted by Gasteiger charge is 2.18. The van der Waals surface area contributed by atoms with E-state index in [0.717, 1.165) is 21.0 Å². The molecule has 0 spiro atoms. The van der Waals surface area contributed by atoms with Crippen molar-refractivity contribution in [3.8, 4) is 11.5 Å². The summed E-state index contributed by atoms with van der Waals surface area (Å²) >= 11 is 3.42. The lowest BCUT2D eigenvalue weighted by Crippen LogP contribution is -2.14. The van der Waals surface area contributed by atoms with Gasteiger partial charge in [0.15, 0.2) is 11.3 Å². The number of furan rings is 1. The molecule has 0 aliphatic rings. The van der Waals surface area contributed by atoms with E-state index in [1.807, 2.05) is 56.3 Å². The van der Waals surface area contributed by atoms with E-state index in [-0.39, 0.29) is 0 Å². The fourth-order valence-corrected chi connectivity index (χ4v) is 2.98. The van der Waals surface area contributed by atoms with E-state index in [1.54, 1.807) is 17.8 Å². The molecule has 0 saturated carbocycles. The van der Waals surface area contributed by atoms with Crippen molar-refractivity contribution in [2.75, 3.05) is 6.61 Å². The standard InChI is InChI=1S/C23H22BrNO5/c1-15(2)9-11-29-23-21-18(10-12-28-21)13-17(5-8-20(26)25-27)22(23)30-14-16-3-6-19(24)7-4-16/h3-10,12-13,27H,11,14H2,1-2H3,(H,25,26)/b8-5+. The third-order valence-electron chi connectivity index (χ3n) is 4.22. The molecule has 1 heterocycles. The van der Waals surface area contributed by atoms with Crippen LogP contribution < -0.4 is 15.0 Å². The Morgan fingerprint density at radius 3 is 2.63 bits per heavy atom. The molecule has 1 aromatic heterocycles. The molecule has 7 heteroatoms. The Labute approximate surface area is 182 Å². The first-order chi connectivity index (χ1) is 14.5. The third kappa shape index (κ3) is 5.52. The van der Waals surface area contributed by atoms with Gasteiger partial charge in [-0.05, 0) is 55.8 Å². The fraction of sp³-hybridized carbons (Fsp3) is 0.174. The number of fused-ring (bicyclic) bond motifs is 1.